The van der Waals surface area contributed by atoms with E-state index < -0.39 is 0 Å². The van der Waals surface area contributed by atoms with Crippen molar-refractivity contribution in [2.24, 2.45) is 0 Å². The third kappa shape index (κ3) is 2.74. The van der Waals surface area contributed by atoms with Gasteiger partial charge in [0.25, 0.3) is 5.56 Å². The minimum absolute atomic E-state index is 0.144. The lowest BCUT2D eigenvalue weighted by Gasteiger charge is -2.07. The van der Waals surface area contributed by atoms with Crippen molar-refractivity contribution in [3.8, 4) is 11.4 Å². The molecule has 0 unspecified atom stereocenters. The summed E-state index contributed by atoms with van der Waals surface area (Å²) in [5, 5.41) is 1.03. The Morgan fingerprint density at radius 3 is 2.95 bits per heavy atom. The van der Waals surface area contributed by atoms with Crippen LogP contribution in [0.15, 0.2) is 45.8 Å². The molecular weight excluding hydrogens is 330 g/mol. The van der Waals surface area contributed by atoms with E-state index in [-0.39, 0.29) is 5.56 Å². The molecule has 3 aromatic rings. The summed E-state index contributed by atoms with van der Waals surface area (Å²) in [5.74, 6) is 0.595. The van der Waals surface area contributed by atoms with Gasteiger partial charge in [-0.05, 0) is 46.6 Å². The number of aromatic nitrogens is 3. The first-order valence-electron chi connectivity index (χ1n) is 6.83. The van der Waals surface area contributed by atoms with E-state index in [9.17, 15) is 4.79 Å². The normalized spacial score (nSPS) is 11.0. The van der Waals surface area contributed by atoms with Crippen LogP contribution in [0.25, 0.3) is 22.3 Å². The highest BCUT2D eigenvalue weighted by Crippen LogP contribution is 2.21. The van der Waals surface area contributed by atoms with Gasteiger partial charge in [0.05, 0.1) is 11.2 Å². The maximum absolute atomic E-state index is 12.0. The molecule has 0 amide bonds. The van der Waals surface area contributed by atoms with Crippen molar-refractivity contribution in [3.63, 3.8) is 0 Å². The van der Waals surface area contributed by atoms with Crippen LogP contribution < -0.4 is 5.56 Å². The predicted molar refractivity (Wildman–Crippen MR) is 87.3 cm³/mol. The van der Waals surface area contributed by atoms with Gasteiger partial charge in [0.1, 0.15) is 10.3 Å². The molecule has 4 nitrogen and oxygen atoms in total. The maximum atomic E-state index is 12.0. The Morgan fingerprint density at radius 1 is 1.29 bits per heavy atom. The van der Waals surface area contributed by atoms with Gasteiger partial charge < -0.3 is 4.98 Å². The van der Waals surface area contributed by atoms with Crippen LogP contribution in [-0.2, 0) is 6.42 Å². The van der Waals surface area contributed by atoms with Crippen LogP contribution in [0.2, 0.25) is 0 Å². The second kappa shape index (κ2) is 5.77. The molecule has 2 aromatic heterocycles. The number of hydrogen-bond acceptors (Lipinski definition) is 3. The Bertz CT molecular complexity index is 858. The number of rotatable bonds is 3. The first kappa shape index (κ1) is 13.9. The number of hydrogen-bond donors (Lipinski definition) is 1. The maximum Gasteiger partial charge on any atom is 0.265 e. The minimum atomic E-state index is -0.144. The average molecular weight is 344 g/mol. The Morgan fingerprint density at radius 2 is 2.14 bits per heavy atom. The molecule has 0 fully saturated rings. The number of nitrogens with one attached hydrogen (secondary N) is 1. The van der Waals surface area contributed by atoms with E-state index in [2.05, 4.69) is 37.8 Å². The second-order valence-electron chi connectivity index (χ2n) is 4.84. The van der Waals surface area contributed by atoms with Gasteiger partial charge in [-0.25, -0.2) is 4.98 Å². The molecule has 2 heterocycles. The summed E-state index contributed by atoms with van der Waals surface area (Å²) in [6, 6.07) is 9.75. The fourth-order valence-electron chi connectivity index (χ4n) is 2.27. The molecule has 0 radical (unpaired) electrons. The third-order valence-corrected chi connectivity index (χ3v) is 4.11. The molecule has 0 atom stereocenters. The fourth-order valence-corrected chi connectivity index (χ4v) is 2.65. The van der Waals surface area contributed by atoms with Gasteiger partial charge in [0.15, 0.2) is 0 Å². The summed E-state index contributed by atoms with van der Waals surface area (Å²) in [7, 11) is 0. The summed E-state index contributed by atoms with van der Waals surface area (Å²) >= 11 is 3.31. The molecule has 106 valence electrons. The lowest BCUT2D eigenvalue weighted by atomic mass is 10.1. The largest absolute Gasteiger partial charge is 0.306 e. The zero-order valence-corrected chi connectivity index (χ0v) is 13.1. The van der Waals surface area contributed by atoms with E-state index in [1.54, 1.807) is 6.20 Å². The van der Waals surface area contributed by atoms with E-state index >= 15 is 0 Å². The number of halogens is 1. The Balaban J connectivity index is 2.15. The Kier molecular flexibility index (Phi) is 3.84. The quantitative estimate of drug-likeness (QED) is 0.788. The van der Waals surface area contributed by atoms with Gasteiger partial charge in [-0.3, -0.25) is 9.78 Å². The Hall–Kier alpha value is -2.01. The van der Waals surface area contributed by atoms with E-state index in [0.717, 1.165) is 35.0 Å². The average Bonchev–Trinajstić information content (AvgIpc) is 2.51. The molecule has 3 rings (SSSR count). The van der Waals surface area contributed by atoms with Gasteiger partial charge >= 0.3 is 0 Å². The topological polar surface area (TPSA) is 58.6 Å². The molecule has 0 spiro atoms. The van der Waals surface area contributed by atoms with Gasteiger partial charge in [-0.2, -0.15) is 0 Å². The Labute approximate surface area is 130 Å². The van der Waals surface area contributed by atoms with Crippen LogP contribution in [-0.4, -0.2) is 15.0 Å². The van der Waals surface area contributed by atoms with Gasteiger partial charge in [0.2, 0.25) is 0 Å². The highest BCUT2D eigenvalue weighted by molar-refractivity contribution is 9.10. The zero-order chi connectivity index (χ0) is 14.8. The van der Waals surface area contributed by atoms with E-state index in [1.165, 1.54) is 0 Å². The highest BCUT2D eigenvalue weighted by Gasteiger charge is 2.10. The summed E-state index contributed by atoms with van der Waals surface area (Å²) in [5.41, 5.74) is 2.46. The molecule has 0 aliphatic rings. The molecule has 5 heteroatoms. The van der Waals surface area contributed by atoms with E-state index in [0.29, 0.717) is 10.3 Å². The van der Waals surface area contributed by atoms with E-state index in [1.807, 2.05) is 30.3 Å². The van der Waals surface area contributed by atoms with Crippen molar-refractivity contribution in [1.29, 1.82) is 0 Å². The molecule has 0 saturated heterocycles. The van der Waals surface area contributed by atoms with Gasteiger partial charge in [0, 0.05) is 17.1 Å². The third-order valence-electron chi connectivity index (χ3n) is 3.29. The second-order valence-corrected chi connectivity index (χ2v) is 5.63. The van der Waals surface area contributed by atoms with Crippen LogP contribution in [0.5, 0.6) is 0 Å². The number of aryl methyl sites for hydroxylation is 1. The summed E-state index contributed by atoms with van der Waals surface area (Å²) in [6.45, 7) is 2.07. The van der Waals surface area contributed by atoms with Crippen LogP contribution in [0.4, 0.5) is 0 Å². The first-order chi connectivity index (χ1) is 10.2. The SMILES string of the molecule is CCCc1nc(-c2ccc3ncccc3c2)[nH]c(=O)c1Br. The van der Waals surface area contributed by atoms with Crippen LogP contribution in [0, 0.1) is 0 Å². The highest BCUT2D eigenvalue weighted by atomic mass is 79.9. The number of H-pyrrole nitrogens is 1. The van der Waals surface area contributed by atoms with Crippen molar-refractivity contribution in [2.75, 3.05) is 0 Å². The molecule has 0 saturated carbocycles. The zero-order valence-electron chi connectivity index (χ0n) is 11.6. The molecule has 21 heavy (non-hydrogen) atoms. The van der Waals surface area contributed by atoms with Crippen LogP contribution in [0.1, 0.15) is 19.0 Å². The molecule has 0 aliphatic carbocycles. The smallest absolute Gasteiger partial charge is 0.265 e. The lowest BCUT2D eigenvalue weighted by Crippen LogP contribution is -2.13. The summed E-state index contributed by atoms with van der Waals surface area (Å²) < 4.78 is 0.524. The van der Waals surface area contributed by atoms with Crippen molar-refractivity contribution in [3.05, 3.63) is 57.0 Å². The van der Waals surface area contributed by atoms with E-state index in [4.69, 9.17) is 0 Å². The number of fused-ring (bicyclic) bond motifs is 1. The van der Waals surface area contributed by atoms with Gasteiger partial charge in [-0.1, -0.05) is 19.4 Å². The summed E-state index contributed by atoms with van der Waals surface area (Å²) in [6.07, 6.45) is 3.48. The number of benzene rings is 1. The first-order valence-corrected chi connectivity index (χ1v) is 7.62. The molecule has 0 aliphatic heterocycles. The van der Waals surface area contributed by atoms with Crippen molar-refractivity contribution in [2.45, 2.75) is 19.8 Å². The van der Waals surface area contributed by atoms with Crippen molar-refractivity contribution >= 4 is 26.8 Å². The molecule has 1 N–H and O–H groups in total. The summed E-state index contributed by atoms with van der Waals surface area (Å²) in [4.78, 5) is 23.7. The predicted octanol–water partition coefficient (Wildman–Crippen LogP) is 3.70. The fraction of sp³-hybridized carbons (Fsp3) is 0.188. The lowest BCUT2D eigenvalue weighted by molar-refractivity contribution is 0.861. The van der Waals surface area contributed by atoms with Crippen molar-refractivity contribution < 1.29 is 0 Å². The molecular formula is C16H14BrN3O. The van der Waals surface area contributed by atoms with Crippen molar-refractivity contribution in [1.82, 2.24) is 15.0 Å². The van der Waals surface area contributed by atoms with Gasteiger partial charge in [-0.15, -0.1) is 0 Å². The minimum Gasteiger partial charge on any atom is -0.306 e. The standard InChI is InChI=1S/C16H14BrN3O/c1-2-4-13-14(17)16(21)20-15(19-13)11-6-7-12-10(9-11)5-3-8-18-12/h3,5-9H,2,4H2,1H3,(H,19,20,21). The number of pyridine rings is 1. The molecule has 1 aromatic carbocycles. The van der Waals surface area contributed by atoms with Crippen LogP contribution >= 0.6 is 15.9 Å². The van der Waals surface area contributed by atoms with Crippen LogP contribution in [0.3, 0.4) is 0 Å². The molecule has 0 bridgehead atoms. The number of nitrogens with zero attached hydrogens (tertiary/aromatic N) is 2. The number of aromatic amines is 1. The monoisotopic (exact) mass is 343 g/mol.